The van der Waals surface area contributed by atoms with Gasteiger partial charge in [-0.05, 0) is 6.92 Å². The first kappa shape index (κ1) is 10.1. The van der Waals surface area contributed by atoms with Crippen LogP contribution in [-0.2, 0) is 9.09 Å². The van der Waals surface area contributed by atoms with Gasteiger partial charge in [0.25, 0.3) is 0 Å². The molecular weight excluding hydrogens is 110 g/mol. The van der Waals surface area contributed by atoms with Crippen molar-refractivity contribution in [3.05, 3.63) is 0 Å². The van der Waals surface area contributed by atoms with E-state index < -0.39 is 0 Å². The Balaban J connectivity index is 0. The van der Waals surface area contributed by atoms with E-state index in [1.165, 1.54) is 0 Å². The van der Waals surface area contributed by atoms with E-state index >= 15 is 0 Å². The van der Waals surface area contributed by atoms with Gasteiger partial charge >= 0.3 is 38.2 Å². The van der Waals surface area contributed by atoms with Gasteiger partial charge < -0.3 is 0 Å². The molecule has 0 aromatic rings. The molecule has 32 valence electrons. The zero-order chi connectivity index (χ0) is 4.12. The van der Waals surface area contributed by atoms with E-state index in [1.807, 2.05) is 0 Å². The molecule has 0 bridgehead atoms. The molecule has 4 heteroatoms. The monoisotopic (exact) mass is 116 g/mol. The zero-order valence-corrected chi connectivity index (χ0v) is 3.87. The average molecular weight is 116 g/mol. The van der Waals surface area contributed by atoms with E-state index in [2.05, 4.69) is 4.52 Å². The summed E-state index contributed by atoms with van der Waals surface area (Å²) in [5, 5.41) is 0. The van der Waals surface area contributed by atoms with Gasteiger partial charge in [0.05, 0.1) is 6.61 Å². The molecule has 0 radical (unpaired) electrons. The van der Waals surface area contributed by atoms with E-state index in [1.54, 1.807) is 6.92 Å². The molecule has 0 aliphatic heterocycles. The molecule has 6 heavy (non-hydrogen) atoms. The van der Waals surface area contributed by atoms with Crippen molar-refractivity contribution in [2.45, 2.75) is 6.92 Å². The maximum atomic E-state index is 9.28. The number of rotatable bonds is 2. The van der Waals surface area contributed by atoms with E-state index in [0.29, 0.717) is 6.61 Å². The van der Waals surface area contributed by atoms with Gasteiger partial charge in [-0.25, -0.2) is 4.57 Å². The van der Waals surface area contributed by atoms with Gasteiger partial charge in [0.1, 0.15) is 0 Å². The van der Waals surface area contributed by atoms with E-state index in [-0.39, 0.29) is 38.2 Å². The molecule has 0 saturated carbocycles. The predicted octanol–water partition coefficient (Wildman–Crippen LogP) is 0.581. The molecule has 0 heterocycles. The van der Waals surface area contributed by atoms with Crippen LogP contribution >= 0.6 is 8.69 Å². The molecule has 0 aliphatic carbocycles. The van der Waals surface area contributed by atoms with Crippen LogP contribution in [0.1, 0.15) is 6.92 Å². The first-order valence-electron chi connectivity index (χ1n) is 1.36. The third kappa shape index (κ3) is 8.91. The Hall–Kier alpha value is 1.06. The molecule has 0 aliphatic rings. The van der Waals surface area contributed by atoms with Gasteiger partial charge in [0.15, 0.2) is 0 Å². The third-order valence-electron chi connectivity index (χ3n) is 0.182. The van der Waals surface area contributed by atoms with Crippen molar-refractivity contribution in [2.24, 2.45) is 0 Å². The first-order valence-corrected chi connectivity index (χ1v) is 2.09. The van der Waals surface area contributed by atoms with Gasteiger partial charge in [-0.2, -0.15) is 0 Å². The molecule has 0 aromatic carbocycles. The standard InChI is InChI=1S/C2H5O2P.Na.H/c1-2-4-5-3;;/h2H2,1H3;;. The molecule has 0 N–H and O–H groups in total. The van der Waals surface area contributed by atoms with Gasteiger partial charge in [0, 0.05) is 0 Å². The van der Waals surface area contributed by atoms with Gasteiger partial charge in [0.2, 0.25) is 0 Å². The van der Waals surface area contributed by atoms with Crippen LogP contribution in [0.5, 0.6) is 0 Å². The molecular formula is C2H6NaO2P. The molecule has 0 fully saturated rings. The summed E-state index contributed by atoms with van der Waals surface area (Å²) >= 11 is 0. The fraction of sp³-hybridized carbons (Fsp3) is 1.00. The summed E-state index contributed by atoms with van der Waals surface area (Å²) in [4.78, 5) is 0. The van der Waals surface area contributed by atoms with Gasteiger partial charge in [-0.1, -0.05) is 0 Å². The predicted molar refractivity (Wildman–Crippen MR) is 26.4 cm³/mol. The van der Waals surface area contributed by atoms with Crippen molar-refractivity contribution in [1.82, 2.24) is 0 Å². The second-order valence-corrected chi connectivity index (χ2v) is 0.900. The minimum atomic E-state index is -0.220. The second-order valence-electron chi connectivity index (χ2n) is 0.492. The normalized spacial score (nSPS) is 7.50. The summed E-state index contributed by atoms with van der Waals surface area (Å²) in [6, 6.07) is 0. The molecule has 0 unspecified atom stereocenters. The van der Waals surface area contributed by atoms with Crippen LogP contribution in [0.25, 0.3) is 0 Å². The summed E-state index contributed by atoms with van der Waals surface area (Å²) in [7, 11) is -0.220. The van der Waals surface area contributed by atoms with Crippen molar-refractivity contribution >= 4 is 38.2 Å². The Kier molecular flexibility index (Phi) is 15.9. The topological polar surface area (TPSA) is 26.3 Å². The van der Waals surface area contributed by atoms with Crippen molar-refractivity contribution in [1.29, 1.82) is 0 Å². The van der Waals surface area contributed by atoms with E-state index in [0.717, 1.165) is 0 Å². The Morgan fingerprint density at radius 1 is 1.83 bits per heavy atom. The van der Waals surface area contributed by atoms with Gasteiger partial charge in [-0.3, -0.25) is 4.52 Å². The van der Waals surface area contributed by atoms with E-state index in [4.69, 9.17) is 0 Å². The summed E-state index contributed by atoms with van der Waals surface area (Å²) in [6.45, 7) is 2.30. The fourth-order valence-electron chi connectivity index (χ4n) is 0.0527. The van der Waals surface area contributed by atoms with Crippen LogP contribution in [0.3, 0.4) is 0 Å². The summed E-state index contributed by atoms with van der Waals surface area (Å²) in [5.41, 5.74) is 0. The third-order valence-corrected chi connectivity index (χ3v) is 0.545. The van der Waals surface area contributed by atoms with Crippen LogP contribution in [-0.4, -0.2) is 36.2 Å². The quantitative estimate of drug-likeness (QED) is 0.389. The second kappa shape index (κ2) is 9.41. The number of hydrogen-bond donors (Lipinski definition) is 0. The van der Waals surface area contributed by atoms with Crippen molar-refractivity contribution in [3.63, 3.8) is 0 Å². The van der Waals surface area contributed by atoms with Crippen LogP contribution in [0, 0.1) is 0 Å². The molecule has 0 atom stereocenters. The summed E-state index contributed by atoms with van der Waals surface area (Å²) in [5.74, 6) is 0. The van der Waals surface area contributed by atoms with Crippen molar-refractivity contribution < 1.29 is 9.09 Å². The van der Waals surface area contributed by atoms with Crippen molar-refractivity contribution in [2.75, 3.05) is 6.61 Å². The molecule has 0 aromatic heterocycles. The first-order chi connectivity index (χ1) is 2.41. The Labute approximate surface area is 60.8 Å². The van der Waals surface area contributed by atoms with Crippen LogP contribution in [0.4, 0.5) is 0 Å². The summed E-state index contributed by atoms with van der Waals surface area (Å²) in [6.07, 6.45) is 0. The molecule has 0 amide bonds. The Morgan fingerprint density at radius 2 is 2.33 bits per heavy atom. The average Bonchev–Trinajstić information content (AvgIpc) is 1.41. The Bertz CT molecular complexity index is 32.7. The van der Waals surface area contributed by atoms with Crippen LogP contribution in [0.15, 0.2) is 0 Å². The Morgan fingerprint density at radius 3 is 2.33 bits per heavy atom. The maximum absolute atomic E-state index is 9.28. The zero-order valence-electron chi connectivity index (χ0n) is 2.97. The molecule has 2 nitrogen and oxygen atoms in total. The minimum absolute atomic E-state index is 0. The van der Waals surface area contributed by atoms with E-state index in [9.17, 15) is 4.57 Å². The molecule has 0 rings (SSSR count). The molecule has 0 saturated heterocycles. The number of hydrogen-bond acceptors (Lipinski definition) is 2. The van der Waals surface area contributed by atoms with Crippen molar-refractivity contribution in [3.8, 4) is 0 Å². The van der Waals surface area contributed by atoms with Crippen LogP contribution in [0.2, 0.25) is 0 Å². The summed E-state index contributed by atoms with van der Waals surface area (Å²) < 4.78 is 13.5. The SMILES string of the molecule is CCOP=O.[NaH]. The van der Waals surface area contributed by atoms with Gasteiger partial charge in [-0.15, -0.1) is 0 Å². The molecule has 0 spiro atoms. The van der Waals surface area contributed by atoms with Crippen LogP contribution < -0.4 is 0 Å². The fourth-order valence-corrected chi connectivity index (χ4v) is 0.158.